The van der Waals surface area contributed by atoms with Gasteiger partial charge in [0.25, 0.3) is 5.91 Å². The molecule has 3 rings (SSSR count). The van der Waals surface area contributed by atoms with Crippen LogP contribution in [0.4, 0.5) is 11.5 Å². The highest BCUT2D eigenvalue weighted by molar-refractivity contribution is 5.96. The quantitative estimate of drug-likeness (QED) is 0.752. The third kappa shape index (κ3) is 5.06. The minimum atomic E-state index is -0.150. The van der Waals surface area contributed by atoms with Crippen molar-refractivity contribution in [1.29, 1.82) is 0 Å². The van der Waals surface area contributed by atoms with Gasteiger partial charge in [0.1, 0.15) is 5.82 Å². The topological polar surface area (TPSA) is 74.3 Å². The highest BCUT2D eigenvalue weighted by Crippen LogP contribution is 2.30. The van der Waals surface area contributed by atoms with E-state index in [9.17, 15) is 9.59 Å². The Morgan fingerprint density at radius 1 is 1.07 bits per heavy atom. The maximum absolute atomic E-state index is 12.3. The largest absolute Gasteiger partial charge is 0.357 e. The van der Waals surface area contributed by atoms with Crippen molar-refractivity contribution in [2.24, 2.45) is 5.92 Å². The molecule has 0 radical (unpaired) electrons. The van der Waals surface area contributed by atoms with E-state index in [1.807, 2.05) is 12.1 Å². The lowest BCUT2D eigenvalue weighted by Crippen LogP contribution is -2.24. The molecule has 142 valence electrons. The van der Waals surface area contributed by atoms with Crippen LogP contribution in [0.3, 0.4) is 0 Å². The lowest BCUT2D eigenvalue weighted by Gasteiger charge is -2.19. The fourth-order valence-corrected chi connectivity index (χ4v) is 2.84. The molecule has 27 heavy (non-hydrogen) atoms. The number of nitrogens with zero attached hydrogens (tertiary/aromatic N) is 2. The number of carbonyl (C=O) groups is 2. The summed E-state index contributed by atoms with van der Waals surface area (Å²) in [5.74, 6) is 1.02. The molecule has 2 aromatic rings. The molecule has 1 aromatic heterocycles. The van der Waals surface area contributed by atoms with Crippen molar-refractivity contribution in [2.45, 2.75) is 33.2 Å². The van der Waals surface area contributed by atoms with Gasteiger partial charge in [0.05, 0.1) is 0 Å². The summed E-state index contributed by atoms with van der Waals surface area (Å²) in [5, 5.41) is 5.77. The van der Waals surface area contributed by atoms with E-state index < -0.39 is 0 Å². The molecule has 1 aliphatic rings. The van der Waals surface area contributed by atoms with Gasteiger partial charge in [-0.05, 0) is 62.6 Å². The molecule has 0 bridgehead atoms. The molecule has 2 N–H and O–H groups in total. The Kier molecular flexibility index (Phi) is 6.06. The molecule has 6 heteroatoms. The van der Waals surface area contributed by atoms with Crippen molar-refractivity contribution >= 4 is 23.3 Å². The number of pyridine rings is 1. The maximum Gasteiger partial charge on any atom is 0.251 e. The van der Waals surface area contributed by atoms with E-state index in [-0.39, 0.29) is 17.7 Å². The normalized spacial score (nSPS) is 13.1. The maximum atomic E-state index is 12.3. The Morgan fingerprint density at radius 3 is 2.33 bits per heavy atom. The lowest BCUT2D eigenvalue weighted by molar-refractivity contribution is -0.117. The van der Waals surface area contributed by atoms with E-state index in [1.54, 1.807) is 30.5 Å². The molecule has 1 fully saturated rings. The van der Waals surface area contributed by atoms with Crippen molar-refractivity contribution in [3.8, 4) is 0 Å². The summed E-state index contributed by atoms with van der Waals surface area (Å²) >= 11 is 0. The van der Waals surface area contributed by atoms with Crippen molar-refractivity contribution in [1.82, 2.24) is 10.3 Å². The molecule has 1 aromatic carbocycles. The zero-order chi connectivity index (χ0) is 19.2. The number of benzene rings is 1. The van der Waals surface area contributed by atoms with Crippen LogP contribution >= 0.6 is 0 Å². The number of hydrogen-bond acceptors (Lipinski definition) is 4. The van der Waals surface area contributed by atoms with E-state index in [4.69, 9.17) is 0 Å². The number of anilines is 2. The highest BCUT2D eigenvalue weighted by Gasteiger charge is 2.29. The number of carbonyl (C=O) groups excluding carboxylic acids is 2. The average molecular weight is 366 g/mol. The molecular weight excluding hydrogens is 340 g/mol. The fourth-order valence-electron chi connectivity index (χ4n) is 2.84. The van der Waals surface area contributed by atoms with Crippen molar-refractivity contribution in [3.63, 3.8) is 0 Å². The van der Waals surface area contributed by atoms with Gasteiger partial charge < -0.3 is 15.5 Å². The van der Waals surface area contributed by atoms with Gasteiger partial charge in [-0.3, -0.25) is 9.59 Å². The second-order valence-electron chi connectivity index (χ2n) is 6.72. The Labute approximate surface area is 160 Å². The van der Waals surface area contributed by atoms with Crippen molar-refractivity contribution in [2.75, 3.05) is 23.3 Å². The minimum Gasteiger partial charge on any atom is -0.357 e. The summed E-state index contributed by atoms with van der Waals surface area (Å²) in [6.07, 6.45) is 3.73. The number of hydrogen-bond donors (Lipinski definition) is 2. The zero-order valence-electron chi connectivity index (χ0n) is 15.9. The summed E-state index contributed by atoms with van der Waals surface area (Å²) in [6, 6.07) is 10.9. The van der Waals surface area contributed by atoms with Crippen LogP contribution in [0.25, 0.3) is 0 Å². The van der Waals surface area contributed by atoms with Gasteiger partial charge in [-0.2, -0.15) is 0 Å². The third-order valence-electron chi connectivity index (χ3n) is 4.71. The second kappa shape index (κ2) is 8.66. The zero-order valence-corrected chi connectivity index (χ0v) is 15.9. The molecule has 2 amide bonds. The fraction of sp³-hybridized carbons (Fsp3) is 0.381. The van der Waals surface area contributed by atoms with Gasteiger partial charge in [-0.15, -0.1) is 0 Å². The van der Waals surface area contributed by atoms with Gasteiger partial charge in [-0.25, -0.2) is 4.98 Å². The molecule has 6 nitrogen and oxygen atoms in total. The number of aromatic nitrogens is 1. The van der Waals surface area contributed by atoms with Crippen LogP contribution < -0.4 is 15.5 Å². The third-order valence-corrected chi connectivity index (χ3v) is 4.71. The smallest absolute Gasteiger partial charge is 0.251 e. The second-order valence-corrected chi connectivity index (χ2v) is 6.72. The van der Waals surface area contributed by atoms with Gasteiger partial charge in [0.15, 0.2) is 0 Å². The Bertz CT molecular complexity index is 779. The number of nitrogens with one attached hydrogen (secondary N) is 2. The molecule has 1 aliphatic carbocycles. The predicted molar refractivity (Wildman–Crippen MR) is 107 cm³/mol. The van der Waals surface area contributed by atoms with E-state index in [0.717, 1.165) is 43.0 Å². The molecule has 0 saturated heterocycles. The first-order valence-corrected chi connectivity index (χ1v) is 9.49. The van der Waals surface area contributed by atoms with E-state index in [0.29, 0.717) is 12.1 Å². The summed E-state index contributed by atoms with van der Waals surface area (Å²) in [5.41, 5.74) is 2.24. The highest BCUT2D eigenvalue weighted by atomic mass is 16.2. The van der Waals surface area contributed by atoms with Crippen LogP contribution in [0.5, 0.6) is 0 Å². The minimum absolute atomic E-state index is 0.0628. The molecule has 1 saturated carbocycles. The van der Waals surface area contributed by atoms with E-state index in [1.165, 1.54) is 0 Å². The van der Waals surface area contributed by atoms with Gasteiger partial charge in [-0.1, -0.05) is 6.07 Å². The van der Waals surface area contributed by atoms with E-state index in [2.05, 4.69) is 34.4 Å². The van der Waals surface area contributed by atoms with Crippen molar-refractivity contribution < 1.29 is 9.59 Å². The standard InChI is InChI=1S/C21H26N4O2/c1-3-25(4-2)19-12-5-15(13-22-19)14-23-20(26)16-8-10-18(11-9-16)24-21(27)17-6-7-17/h5,8-13,17H,3-4,6-7,14H2,1-2H3,(H,23,26)(H,24,27). The summed E-state index contributed by atoms with van der Waals surface area (Å²) < 4.78 is 0. The summed E-state index contributed by atoms with van der Waals surface area (Å²) in [7, 11) is 0. The average Bonchev–Trinajstić information content (AvgIpc) is 3.54. The Balaban J connectivity index is 1.52. The summed E-state index contributed by atoms with van der Waals surface area (Å²) in [4.78, 5) is 30.7. The first kappa shape index (κ1) is 18.9. The van der Waals surface area contributed by atoms with Crippen molar-refractivity contribution in [3.05, 3.63) is 53.7 Å². The molecular formula is C21H26N4O2. The molecule has 0 atom stereocenters. The van der Waals surface area contributed by atoms with Crippen LogP contribution in [0, 0.1) is 5.92 Å². The van der Waals surface area contributed by atoms with Crippen LogP contribution in [-0.2, 0) is 11.3 Å². The molecule has 0 unspecified atom stereocenters. The van der Waals surface area contributed by atoms with Crippen LogP contribution in [0.2, 0.25) is 0 Å². The summed E-state index contributed by atoms with van der Waals surface area (Å²) in [6.45, 7) is 6.45. The number of amides is 2. The van der Waals surface area contributed by atoms with Crippen LogP contribution in [0.15, 0.2) is 42.6 Å². The van der Waals surface area contributed by atoms with Gasteiger partial charge in [0.2, 0.25) is 5.91 Å². The molecule has 0 spiro atoms. The number of rotatable bonds is 8. The van der Waals surface area contributed by atoms with Crippen LogP contribution in [0.1, 0.15) is 42.6 Å². The van der Waals surface area contributed by atoms with Crippen LogP contribution in [-0.4, -0.2) is 29.9 Å². The molecule has 1 heterocycles. The molecule has 0 aliphatic heterocycles. The monoisotopic (exact) mass is 366 g/mol. The predicted octanol–water partition coefficient (Wildman–Crippen LogP) is 3.21. The Hall–Kier alpha value is -2.89. The van der Waals surface area contributed by atoms with E-state index >= 15 is 0 Å². The Morgan fingerprint density at radius 2 is 1.78 bits per heavy atom. The van der Waals surface area contributed by atoms with Gasteiger partial charge in [0, 0.05) is 43.0 Å². The van der Waals surface area contributed by atoms with Gasteiger partial charge >= 0.3 is 0 Å². The first-order valence-electron chi connectivity index (χ1n) is 9.49. The first-order chi connectivity index (χ1) is 13.1. The SMILES string of the molecule is CCN(CC)c1ccc(CNC(=O)c2ccc(NC(=O)C3CC3)cc2)cn1. The lowest BCUT2D eigenvalue weighted by atomic mass is 10.2.